The highest BCUT2D eigenvalue weighted by molar-refractivity contribution is 7.28. The third-order valence-corrected chi connectivity index (χ3v) is 35.6. The van der Waals surface area contributed by atoms with Crippen molar-refractivity contribution in [1.29, 1.82) is 0 Å². The molecule has 0 radical (unpaired) electrons. The summed E-state index contributed by atoms with van der Waals surface area (Å²) in [4.78, 5) is 16.0. The molecular formula is C123H96BN3S6. The second-order valence-electron chi connectivity index (χ2n) is 37.2. The number of hydrogen-bond acceptors (Lipinski definition) is 9. The Kier molecular flexibility index (Phi) is 21.3. The van der Waals surface area contributed by atoms with Crippen LogP contribution < -0.4 is 16.4 Å². The molecule has 0 unspecified atom stereocenters. The maximum Gasteiger partial charge on any atom is 0.243 e. The summed E-state index contributed by atoms with van der Waals surface area (Å²) < 4.78 is 16.0. The van der Waals surface area contributed by atoms with Crippen LogP contribution in [0.5, 0.6) is 0 Å². The SMILES string of the molecule is Cc1cc(C)c(-c2ccc(CCCc3ccc4sc5ccc(-c6ccc7sc8ccccc8c7c6)cc5c4c3)nc2)c(C)c1B(c1c(C)cc(C)c(-c2ccc(CCCc3ccc4sc5ccc(-c6ccc7sc8ccccc8c7c6)cc5c4c3)nc2)c1C)c1c(C)cc(C)c(-c2ccc(CCCc3ccc4sc5ccc(-c6ccc7sc8ccccc8c7c6)cc5c4c3)nc2)c1C. The number of pyridine rings is 3. The van der Waals surface area contributed by atoms with Crippen LogP contribution in [0.15, 0.2) is 310 Å². The van der Waals surface area contributed by atoms with Crippen LogP contribution in [0.2, 0.25) is 0 Å². The smallest absolute Gasteiger partial charge is 0.243 e. The summed E-state index contributed by atoms with van der Waals surface area (Å²) in [6.07, 6.45) is 15.1. The zero-order valence-corrected chi connectivity index (χ0v) is 81.1. The van der Waals surface area contributed by atoms with Crippen LogP contribution in [-0.4, -0.2) is 21.7 Å². The third kappa shape index (κ3) is 15.1. The molecule has 642 valence electrons. The molecule has 0 aliphatic carbocycles. The van der Waals surface area contributed by atoms with Crippen molar-refractivity contribution in [2.45, 2.75) is 120 Å². The zero-order chi connectivity index (χ0) is 89.5. The quantitative estimate of drug-likeness (QED) is 0.0673. The number of benzene rings is 15. The van der Waals surface area contributed by atoms with Crippen molar-refractivity contribution in [2.75, 3.05) is 0 Å². The normalized spacial score (nSPS) is 12.1. The van der Waals surface area contributed by atoms with Crippen LogP contribution in [0.4, 0.5) is 0 Å². The molecule has 0 spiro atoms. The maximum absolute atomic E-state index is 5.34. The van der Waals surface area contributed by atoms with Crippen molar-refractivity contribution in [2.24, 2.45) is 0 Å². The van der Waals surface area contributed by atoms with Gasteiger partial charge in [-0.3, -0.25) is 15.0 Å². The van der Waals surface area contributed by atoms with Gasteiger partial charge in [-0.15, -0.1) is 68.0 Å². The van der Waals surface area contributed by atoms with E-state index in [-0.39, 0.29) is 6.71 Å². The predicted octanol–water partition coefficient (Wildman–Crippen LogP) is 33.9. The molecule has 0 bridgehead atoms. The Labute approximate surface area is 800 Å². The summed E-state index contributed by atoms with van der Waals surface area (Å²) in [7, 11) is 0. The number of hydrogen-bond donors (Lipinski definition) is 0. The van der Waals surface area contributed by atoms with Crippen LogP contribution in [-0.2, 0) is 38.5 Å². The topological polar surface area (TPSA) is 38.7 Å². The van der Waals surface area contributed by atoms with Crippen molar-refractivity contribution in [3.05, 3.63) is 394 Å². The van der Waals surface area contributed by atoms with Gasteiger partial charge in [-0.2, -0.15) is 0 Å². The van der Waals surface area contributed by atoms with E-state index >= 15 is 0 Å². The van der Waals surface area contributed by atoms with Crippen molar-refractivity contribution >= 4 is 212 Å². The van der Waals surface area contributed by atoms with E-state index in [2.05, 4.69) is 372 Å². The van der Waals surface area contributed by atoms with E-state index in [0.717, 1.165) is 91.6 Å². The minimum absolute atomic E-state index is 0.132. The molecule has 0 saturated carbocycles. The fourth-order valence-corrected chi connectivity index (χ4v) is 28.9. The van der Waals surface area contributed by atoms with E-state index in [1.54, 1.807) is 0 Å². The minimum atomic E-state index is -0.132. The number of aromatic nitrogens is 3. The highest BCUT2D eigenvalue weighted by Crippen LogP contribution is 2.46. The van der Waals surface area contributed by atoms with E-state index in [0.29, 0.717) is 0 Å². The second kappa shape index (κ2) is 34.0. The molecule has 10 heteroatoms. The Hall–Kier alpha value is -12.9. The Morgan fingerprint density at radius 3 is 0.662 bits per heavy atom. The molecule has 24 rings (SSSR count). The number of aryl methyl sites for hydroxylation is 12. The first-order chi connectivity index (χ1) is 65.0. The summed E-state index contributed by atoms with van der Waals surface area (Å²) in [6, 6.07) is 111. The van der Waals surface area contributed by atoms with Crippen LogP contribution in [0.1, 0.15) is 103 Å². The fraction of sp³-hybridized carbons (Fsp3) is 0.146. The first kappa shape index (κ1) is 83.2. The highest BCUT2D eigenvalue weighted by Gasteiger charge is 2.35. The monoisotopic (exact) mass is 1820 g/mol. The Morgan fingerprint density at radius 1 is 0.195 bits per heavy atom. The molecule has 0 saturated heterocycles. The molecular weight excluding hydrogens is 1720 g/mol. The predicted molar refractivity (Wildman–Crippen MR) is 585 cm³/mol. The molecule has 0 fully saturated rings. The lowest BCUT2D eigenvalue weighted by molar-refractivity contribution is 0.800. The number of fused-ring (bicyclic) bond motifs is 18. The van der Waals surface area contributed by atoms with Gasteiger partial charge < -0.3 is 0 Å². The molecule has 9 heterocycles. The number of thiophene rings is 6. The lowest BCUT2D eigenvalue weighted by Gasteiger charge is -2.31. The lowest BCUT2D eigenvalue weighted by atomic mass is 9.32. The maximum atomic E-state index is 5.34. The van der Waals surface area contributed by atoms with Crippen LogP contribution >= 0.6 is 68.0 Å². The van der Waals surface area contributed by atoms with Gasteiger partial charge in [-0.25, -0.2) is 0 Å². The summed E-state index contributed by atoms with van der Waals surface area (Å²) in [5.74, 6) is 0. The number of nitrogens with zero attached hydrogens (tertiary/aromatic N) is 3. The molecule has 133 heavy (non-hydrogen) atoms. The largest absolute Gasteiger partial charge is 0.261 e. The molecule has 0 N–H and O–H groups in total. The summed E-state index contributed by atoms with van der Waals surface area (Å²) in [5.41, 5.74) is 37.8. The van der Waals surface area contributed by atoms with Crippen molar-refractivity contribution < 1.29 is 0 Å². The summed E-state index contributed by atoms with van der Waals surface area (Å²) >= 11 is 11.3. The van der Waals surface area contributed by atoms with Gasteiger partial charge in [0.1, 0.15) is 0 Å². The molecule has 0 aliphatic heterocycles. The Bertz CT molecular complexity index is 8040. The van der Waals surface area contributed by atoms with E-state index < -0.39 is 0 Å². The van der Waals surface area contributed by atoms with Crippen LogP contribution in [0, 0.1) is 62.3 Å². The van der Waals surface area contributed by atoms with Crippen molar-refractivity contribution in [3.63, 3.8) is 0 Å². The zero-order valence-electron chi connectivity index (χ0n) is 76.2. The first-order valence-corrected chi connectivity index (χ1v) is 51.7. The van der Waals surface area contributed by atoms with Gasteiger partial charge in [-0.1, -0.05) is 179 Å². The number of rotatable bonds is 21. The van der Waals surface area contributed by atoms with Gasteiger partial charge in [0.05, 0.1) is 0 Å². The average molecular weight is 1820 g/mol. The van der Waals surface area contributed by atoms with E-state index in [9.17, 15) is 0 Å². The van der Waals surface area contributed by atoms with Gasteiger partial charge in [0.25, 0.3) is 0 Å². The summed E-state index contributed by atoms with van der Waals surface area (Å²) in [6.45, 7) is 21.1. The highest BCUT2D eigenvalue weighted by atomic mass is 32.1. The van der Waals surface area contributed by atoms with Gasteiger partial charge in [-0.05, 0) is 366 Å². The molecule has 0 atom stereocenters. The van der Waals surface area contributed by atoms with Gasteiger partial charge in [0.2, 0.25) is 6.71 Å². The lowest BCUT2D eigenvalue weighted by Crippen LogP contribution is -2.58. The van der Waals surface area contributed by atoms with Gasteiger partial charge in [0.15, 0.2) is 0 Å². The molecule has 9 aromatic heterocycles. The Balaban J connectivity index is 0.518. The molecule has 24 aromatic rings. The molecule has 0 amide bonds. The average Bonchev–Trinajstić information content (AvgIpc) is 0.976. The molecule has 3 nitrogen and oxygen atoms in total. The third-order valence-electron chi connectivity index (χ3n) is 28.7. The van der Waals surface area contributed by atoms with Crippen LogP contribution in [0.25, 0.3) is 188 Å². The van der Waals surface area contributed by atoms with Gasteiger partial charge >= 0.3 is 0 Å². The van der Waals surface area contributed by atoms with E-state index in [4.69, 9.17) is 15.0 Å². The standard InChI is InChI=1S/C123H96BN3S6/c1-70-55-73(4)121(76(7)118(70)88-34-43-91(125-67-88)22-16-19-79-31-46-109-97(58-79)103-64-85(40-52-115(103)131-109)82-37-49-112-100(61-82)94-25-10-13-28-106(94)128-112)124(122-74(5)56-71(2)119(77(122)8)89-35-44-92(126-68-89)23-17-20-80-32-47-110-98(59-80)104-65-86(41-53-116(104)132-110)83-38-50-113-101(62-83)95-26-11-14-29-107(95)129-113)123-75(6)57-72(3)120(78(123)9)90-36-45-93(127-69-90)24-18-21-81-33-48-111-99(60-81)105-66-87(42-54-117(105)133-111)84-39-51-114-102(63-84)96-27-12-15-30-108(96)130-114/h10-15,25-69H,16-24H2,1-9H3. The first-order valence-electron chi connectivity index (χ1n) is 46.8. The Morgan fingerprint density at radius 2 is 0.414 bits per heavy atom. The fourth-order valence-electron chi connectivity index (χ4n) is 22.5. The second-order valence-corrected chi connectivity index (χ2v) is 43.7. The summed E-state index contributed by atoms with van der Waals surface area (Å²) in [5, 5.41) is 16.1. The molecule has 15 aromatic carbocycles. The van der Waals surface area contributed by atoms with Crippen molar-refractivity contribution in [3.8, 4) is 66.8 Å². The van der Waals surface area contributed by atoms with E-state index in [1.165, 1.54) is 254 Å². The van der Waals surface area contributed by atoms with Crippen molar-refractivity contribution in [1.82, 2.24) is 15.0 Å². The van der Waals surface area contributed by atoms with E-state index in [1.807, 2.05) is 68.0 Å². The minimum Gasteiger partial charge on any atom is -0.261 e. The van der Waals surface area contributed by atoms with Gasteiger partial charge in [0, 0.05) is 173 Å². The molecule has 0 aliphatic rings. The van der Waals surface area contributed by atoms with Crippen LogP contribution in [0.3, 0.4) is 0 Å².